The van der Waals surface area contributed by atoms with Crippen molar-refractivity contribution in [3.05, 3.63) is 36.5 Å². The Labute approximate surface area is 147 Å². The zero-order chi connectivity index (χ0) is 17.1. The van der Waals surface area contributed by atoms with Gasteiger partial charge in [0.25, 0.3) is 0 Å². The number of fused-ring (bicyclic) bond motifs is 1. The van der Waals surface area contributed by atoms with E-state index in [1.807, 2.05) is 18.3 Å². The van der Waals surface area contributed by atoms with Gasteiger partial charge in [0.2, 0.25) is 0 Å². The topological polar surface area (TPSA) is 82.9 Å². The van der Waals surface area contributed by atoms with E-state index in [9.17, 15) is 0 Å². The Morgan fingerprint density at radius 3 is 2.80 bits per heavy atom. The van der Waals surface area contributed by atoms with Crippen LogP contribution in [0.15, 0.2) is 36.5 Å². The van der Waals surface area contributed by atoms with Crippen molar-refractivity contribution >= 4 is 22.5 Å². The fourth-order valence-corrected chi connectivity index (χ4v) is 3.45. The molecule has 4 N–H and O–H groups in total. The average molecular weight is 336 g/mol. The number of rotatable bonds is 5. The average Bonchev–Trinajstić information content (AvgIpc) is 3.03. The van der Waals surface area contributed by atoms with Crippen molar-refractivity contribution in [3.63, 3.8) is 0 Å². The maximum atomic E-state index is 5.92. The largest absolute Gasteiger partial charge is 0.382 e. The first-order valence-corrected chi connectivity index (χ1v) is 8.96. The number of H-pyrrole nitrogens is 1. The molecule has 0 aliphatic carbocycles. The van der Waals surface area contributed by atoms with Crippen molar-refractivity contribution in [2.45, 2.75) is 19.3 Å². The van der Waals surface area contributed by atoms with Gasteiger partial charge in [0.15, 0.2) is 5.82 Å². The van der Waals surface area contributed by atoms with Gasteiger partial charge in [-0.1, -0.05) is 12.5 Å². The van der Waals surface area contributed by atoms with Crippen LogP contribution < -0.4 is 11.1 Å². The molecule has 3 aromatic rings. The standard InChI is InChI=1S/C19H24N6/c20-19-16-12-14(4-5-17(16)23-24-19)15-6-7-21-18(13-15)22-8-11-25-9-2-1-3-10-25/h4-7,12-13H,1-3,8-11H2,(H,21,22)(H3,20,23,24). The molecule has 0 spiro atoms. The molecule has 0 atom stereocenters. The van der Waals surface area contributed by atoms with Gasteiger partial charge in [0.05, 0.1) is 5.52 Å². The molecule has 1 fully saturated rings. The van der Waals surface area contributed by atoms with Gasteiger partial charge in [-0.15, -0.1) is 0 Å². The summed E-state index contributed by atoms with van der Waals surface area (Å²) in [5.41, 5.74) is 9.11. The summed E-state index contributed by atoms with van der Waals surface area (Å²) >= 11 is 0. The third-order valence-corrected chi connectivity index (χ3v) is 4.87. The predicted molar refractivity (Wildman–Crippen MR) is 103 cm³/mol. The first-order valence-electron chi connectivity index (χ1n) is 8.96. The summed E-state index contributed by atoms with van der Waals surface area (Å²) in [6, 6.07) is 10.3. The Balaban J connectivity index is 1.45. The number of anilines is 2. The maximum absolute atomic E-state index is 5.92. The molecule has 0 saturated carbocycles. The summed E-state index contributed by atoms with van der Waals surface area (Å²) < 4.78 is 0. The van der Waals surface area contributed by atoms with Gasteiger partial charge in [-0.3, -0.25) is 5.10 Å². The van der Waals surface area contributed by atoms with Crippen LogP contribution >= 0.6 is 0 Å². The molecule has 1 aromatic carbocycles. The number of aromatic amines is 1. The van der Waals surface area contributed by atoms with Gasteiger partial charge in [0, 0.05) is 24.7 Å². The number of nitrogen functional groups attached to an aromatic ring is 1. The van der Waals surface area contributed by atoms with Crippen LogP contribution in [0.4, 0.5) is 11.6 Å². The minimum absolute atomic E-state index is 0.533. The van der Waals surface area contributed by atoms with Crippen LogP contribution in [0.25, 0.3) is 22.0 Å². The number of nitrogens with zero attached hydrogens (tertiary/aromatic N) is 3. The van der Waals surface area contributed by atoms with E-state index in [1.165, 1.54) is 32.4 Å². The lowest BCUT2D eigenvalue weighted by Crippen LogP contribution is -2.33. The van der Waals surface area contributed by atoms with Gasteiger partial charge < -0.3 is 16.0 Å². The molecule has 6 nitrogen and oxygen atoms in total. The van der Waals surface area contributed by atoms with Crippen molar-refractivity contribution in [3.8, 4) is 11.1 Å². The van der Waals surface area contributed by atoms with E-state index in [1.54, 1.807) is 0 Å². The second kappa shape index (κ2) is 7.11. The summed E-state index contributed by atoms with van der Waals surface area (Å²) in [5.74, 6) is 1.44. The first-order chi connectivity index (χ1) is 12.3. The number of nitrogens with two attached hydrogens (primary N) is 1. The van der Waals surface area contributed by atoms with Gasteiger partial charge >= 0.3 is 0 Å². The molecule has 0 unspecified atom stereocenters. The lowest BCUT2D eigenvalue weighted by molar-refractivity contribution is 0.237. The van der Waals surface area contributed by atoms with E-state index in [0.29, 0.717) is 5.82 Å². The van der Waals surface area contributed by atoms with Crippen LogP contribution in [-0.2, 0) is 0 Å². The number of likely N-dealkylation sites (tertiary alicyclic amines) is 1. The third kappa shape index (κ3) is 3.58. The predicted octanol–water partition coefficient (Wildman–Crippen LogP) is 3.10. The van der Waals surface area contributed by atoms with Crippen molar-refractivity contribution < 1.29 is 0 Å². The molecule has 3 heterocycles. The van der Waals surface area contributed by atoms with Crippen molar-refractivity contribution in [2.75, 3.05) is 37.2 Å². The van der Waals surface area contributed by atoms with Gasteiger partial charge in [-0.2, -0.15) is 5.10 Å². The lowest BCUT2D eigenvalue weighted by Gasteiger charge is -2.26. The van der Waals surface area contributed by atoms with E-state index in [-0.39, 0.29) is 0 Å². The van der Waals surface area contributed by atoms with Crippen molar-refractivity contribution in [1.29, 1.82) is 0 Å². The zero-order valence-corrected chi connectivity index (χ0v) is 14.3. The van der Waals surface area contributed by atoms with Crippen LogP contribution in [0, 0.1) is 0 Å². The summed E-state index contributed by atoms with van der Waals surface area (Å²) in [4.78, 5) is 6.97. The van der Waals surface area contributed by atoms with E-state index >= 15 is 0 Å². The fraction of sp³-hybridized carbons (Fsp3) is 0.368. The molecule has 0 radical (unpaired) electrons. The highest BCUT2D eigenvalue weighted by atomic mass is 15.2. The summed E-state index contributed by atoms with van der Waals surface area (Å²) in [5, 5.41) is 11.4. The minimum Gasteiger partial charge on any atom is -0.382 e. The Morgan fingerprint density at radius 2 is 1.92 bits per heavy atom. The molecular weight excluding hydrogens is 312 g/mol. The molecule has 4 rings (SSSR count). The molecular formula is C19H24N6. The second-order valence-electron chi connectivity index (χ2n) is 6.63. The number of nitrogens with one attached hydrogen (secondary N) is 2. The van der Waals surface area contributed by atoms with Crippen molar-refractivity contribution in [1.82, 2.24) is 20.1 Å². The molecule has 130 valence electrons. The second-order valence-corrected chi connectivity index (χ2v) is 6.63. The first kappa shape index (κ1) is 15.9. The van der Waals surface area contributed by atoms with Gasteiger partial charge in [-0.05, 0) is 61.3 Å². The third-order valence-electron chi connectivity index (χ3n) is 4.87. The van der Waals surface area contributed by atoms with Crippen LogP contribution in [0.5, 0.6) is 0 Å². The van der Waals surface area contributed by atoms with Crippen LogP contribution in [0.3, 0.4) is 0 Å². The SMILES string of the molecule is Nc1n[nH]c2ccc(-c3ccnc(NCCN4CCCCC4)c3)cc12. The van der Waals surface area contributed by atoms with Gasteiger partial charge in [0.1, 0.15) is 5.82 Å². The molecule has 1 saturated heterocycles. The highest BCUT2D eigenvalue weighted by Crippen LogP contribution is 2.27. The number of hydrogen-bond acceptors (Lipinski definition) is 5. The number of pyridine rings is 1. The Kier molecular flexibility index (Phi) is 4.52. The molecule has 1 aliphatic rings. The van der Waals surface area contributed by atoms with Gasteiger partial charge in [-0.25, -0.2) is 4.98 Å². The van der Waals surface area contributed by atoms with Crippen LogP contribution in [0.2, 0.25) is 0 Å². The summed E-state index contributed by atoms with van der Waals surface area (Å²) in [6.07, 6.45) is 5.88. The molecule has 0 bridgehead atoms. The molecule has 6 heteroatoms. The molecule has 25 heavy (non-hydrogen) atoms. The highest BCUT2D eigenvalue weighted by molar-refractivity contribution is 5.92. The lowest BCUT2D eigenvalue weighted by atomic mass is 10.0. The minimum atomic E-state index is 0.533. The number of aromatic nitrogens is 3. The number of hydrogen-bond donors (Lipinski definition) is 3. The smallest absolute Gasteiger partial charge is 0.153 e. The Bertz CT molecular complexity index is 850. The molecule has 1 aliphatic heterocycles. The maximum Gasteiger partial charge on any atom is 0.153 e. The monoisotopic (exact) mass is 336 g/mol. The van der Waals surface area contributed by atoms with E-state index < -0.39 is 0 Å². The number of benzene rings is 1. The summed E-state index contributed by atoms with van der Waals surface area (Å²) in [7, 11) is 0. The van der Waals surface area contributed by atoms with Crippen LogP contribution in [0.1, 0.15) is 19.3 Å². The Morgan fingerprint density at radius 1 is 1.08 bits per heavy atom. The number of piperidine rings is 1. The van der Waals surface area contributed by atoms with Crippen LogP contribution in [-0.4, -0.2) is 46.3 Å². The Hall–Kier alpha value is -2.60. The highest BCUT2D eigenvalue weighted by Gasteiger charge is 2.09. The normalized spacial score (nSPS) is 15.5. The van der Waals surface area contributed by atoms with Crippen molar-refractivity contribution in [2.24, 2.45) is 0 Å². The van der Waals surface area contributed by atoms with E-state index in [2.05, 4.69) is 43.6 Å². The fourth-order valence-electron chi connectivity index (χ4n) is 3.45. The quantitative estimate of drug-likeness (QED) is 0.667. The summed E-state index contributed by atoms with van der Waals surface area (Å²) in [6.45, 7) is 4.44. The zero-order valence-electron chi connectivity index (χ0n) is 14.3. The molecule has 2 aromatic heterocycles. The van der Waals surface area contributed by atoms with E-state index in [4.69, 9.17) is 5.73 Å². The molecule has 0 amide bonds. The van der Waals surface area contributed by atoms with E-state index in [0.717, 1.165) is 40.9 Å².